The third-order valence-corrected chi connectivity index (χ3v) is 9.11. The Labute approximate surface area is 249 Å². The van der Waals surface area contributed by atoms with Crippen LogP contribution in [0, 0.1) is 0 Å². The van der Waals surface area contributed by atoms with Crippen LogP contribution < -0.4 is 0 Å². The Balaban J connectivity index is 1.20. The van der Waals surface area contributed by atoms with Crippen molar-refractivity contribution < 1.29 is 0 Å². The predicted molar refractivity (Wildman–Crippen MR) is 183 cm³/mol. The Morgan fingerprint density at radius 2 is 0.860 bits per heavy atom. The Morgan fingerprint density at radius 3 is 1.65 bits per heavy atom. The number of fused-ring (bicyclic) bond motifs is 7. The highest BCUT2D eigenvalue weighted by atomic mass is 15.0. The first-order chi connectivity index (χ1) is 21.2. The zero-order valence-electron chi connectivity index (χ0n) is 23.8. The van der Waals surface area contributed by atoms with Crippen LogP contribution in [0.1, 0.15) is 0 Å². The van der Waals surface area contributed by atoms with Gasteiger partial charge >= 0.3 is 0 Å². The SMILES string of the molecule is Cn1c2ccccc2c2cc(-c3ccc4c(c3)c3ccccc3n4-c3ccc4cc(-c5ccccc5)ccc4c3)ccc21. The Hall–Kier alpha value is -5.60. The van der Waals surface area contributed by atoms with E-state index >= 15 is 0 Å². The molecule has 9 rings (SSSR count). The standard InChI is InChI=1S/C41H28N2/c1-42-38-13-7-5-11-34(38)36-25-31(18-21-39(36)42)32-19-22-41-37(26-32)35-12-6-8-14-40(35)43(41)33-20-17-29-23-28(15-16-30(29)24-33)27-9-3-2-4-10-27/h2-26H,1H3. The van der Waals surface area contributed by atoms with E-state index in [1.807, 2.05) is 0 Å². The fraction of sp³-hybridized carbons (Fsp3) is 0.0244. The molecule has 0 atom stereocenters. The molecule has 2 heteroatoms. The molecule has 0 saturated carbocycles. The maximum Gasteiger partial charge on any atom is 0.0541 e. The van der Waals surface area contributed by atoms with Gasteiger partial charge < -0.3 is 9.13 Å². The Morgan fingerprint density at radius 1 is 0.349 bits per heavy atom. The lowest BCUT2D eigenvalue weighted by Gasteiger charge is -2.11. The van der Waals surface area contributed by atoms with Crippen molar-refractivity contribution in [1.29, 1.82) is 0 Å². The van der Waals surface area contributed by atoms with Gasteiger partial charge in [0.05, 0.1) is 11.0 Å². The summed E-state index contributed by atoms with van der Waals surface area (Å²) in [6, 6.07) is 55.4. The average molecular weight is 549 g/mol. The number of nitrogens with zero attached hydrogens (tertiary/aromatic N) is 2. The van der Waals surface area contributed by atoms with E-state index in [-0.39, 0.29) is 0 Å². The molecular weight excluding hydrogens is 520 g/mol. The summed E-state index contributed by atoms with van der Waals surface area (Å²) in [4.78, 5) is 0. The second-order valence-electron chi connectivity index (χ2n) is 11.5. The number of hydrogen-bond acceptors (Lipinski definition) is 0. The van der Waals surface area contributed by atoms with E-state index in [0.29, 0.717) is 0 Å². The summed E-state index contributed by atoms with van der Waals surface area (Å²) in [6.07, 6.45) is 0. The normalized spacial score (nSPS) is 11.8. The minimum atomic E-state index is 1.18. The maximum absolute atomic E-state index is 2.41. The van der Waals surface area contributed by atoms with Crippen molar-refractivity contribution in [1.82, 2.24) is 9.13 Å². The van der Waals surface area contributed by atoms with Crippen LogP contribution in [0.5, 0.6) is 0 Å². The quantitative estimate of drug-likeness (QED) is 0.208. The minimum Gasteiger partial charge on any atom is -0.344 e. The summed E-state index contributed by atoms with van der Waals surface area (Å²) < 4.78 is 4.70. The Kier molecular flexibility index (Phi) is 5.15. The first kappa shape index (κ1) is 24.0. The van der Waals surface area contributed by atoms with Gasteiger partial charge in [-0.15, -0.1) is 0 Å². The molecule has 7 aromatic carbocycles. The third-order valence-electron chi connectivity index (χ3n) is 9.11. The second-order valence-corrected chi connectivity index (χ2v) is 11.5. The molecular formula is C41H28N2. The van der Waals surface area contributed by atoms with E-state index in [1.165, 1.54) is 82.3 Å². The number of para-hydroxylation sites is 2. The number of rotatable bonds is 3. The van der Waals surface area contributed by atoms with Gasteiger partial charge in [0, 0.05) is 45.3 Å². The lowest BCUT2D eigenvalue weighted by molar-refractivity contribution is 1.01. The van der Waals surface area contributed by atoms with Crippen molar-refractivity contribution >= 4 is 54.4 Å². The number of hydrogen-bond donors (Lipinski definition) is 0. The zero-order chi connectivity index (χ0) is 28.5. The van der Waals surface area contributed by atoms with Crippen LogP contribution in [0.25, 0.3) is 82.3 Å². The molecule has 2 nitrogen and oxygen atoms in total. The molecule has 2 heterocycles. The summed E-state index contributed by atoms with van der Waals surface area (Å²) in [5, 5.41) is 7.62. The molecule has 0 bridgehead atoms. The van der Waals surface area contributed by atoms with Crippen molar-refractivity contribution in [3.63, 3.8) is 0 Å². The first-order valence-electron chi connectivity index (χ1n) is 14.8. The molecule has 0 aliphatic rings. The predicted octanol–water partition coefficient (Wildman–Crippen LogP) is 10.9. The van der Waals surface area contributed by atoms with Crippen molar-refractivity contribution in [2.45, 2.75) is 0 Å². The van der Waals surface area contributed by atoms with E-state index in [4.69, 9.17) is 0 Å². The van der Waals surface area contributed by atoms with Crippen molar-refractivity contribution in [3.05, 3.63) is 152 Å². The summed E-state index contributed by atoms with van der Waals surface area (Å²) in [7, 11) is 2.15. The van der Waals surface area contributed by atoms with Gasteiger partial charge in [0.2, 0.25) is 0 Å². The molecule has 9 aromatic rings. The molecule has 0 unspecified atom stereocenters. The summed E-state index contributed by atoms with van der Waals surface area (Å²) in [5.74, 6) is 0. The van der Waals surface area contributed by atoms with Crippen molar-refractivity contribution in [3.8, 4) is 27.9 Å². The average Bonchev–Trinajstić information content (AvgIpc) is 3.56. The molecule has 0 N–H and O–H groups in total. The molecule has 0 aliphatic heterocycles. The van der Waals surface area contributed by atoms with Crippen LogP contribution in [0.3, 0.4) is 0 Å². The summed E-state index contributed by atoms with van der Waals surface area (Å²) in [5.41, 5.74) is 11.1. The monoisotopic (exact) mass is 548 g/mol. The highest BCUT2D eigenvalue weighted by molar-refractivity contribution is 6.12. The molecule has 0 spiro atoms. The molecule has 0 radical (unpaired) electrons. The largest absolute Gasteiger partial charge is 0.344 e. The van der Waals surface area contributed by atoms with Crippen LogP contribution in [0.15, 0.2) is 152 Å². The van der Waals surface area contributed by atoms with Gasteiger partial charge in [-0.25, -0.2) is 0 Å². The second kappa shape index (κ2) is 9.20. The van der Waals surface area contributed by atoms with Gasteiger partial charge in [0.25, 0.3) is 0 Å². The van der Waals surface area contributed by atoms with Crippen LogP contribution in [0.2, 0.25) is 0 Å². The molecule has 43 heavy (non-hydrogen) atoms. The lowest BCUT2D eigenvalue weighted by Crippen LogP contribution is -1.94. The van der Waals surface area contributed by atoms with E-state index in [2.05, 4.69) is 168 Å². The number of aryl methyl sites for hydroxylation is 1. The minimum absolute atomic E-state index is 1.18. The van der Waals surface area contributed by atoms with Gasteiger partial charge in [-0.05, 0) is 87.6 Å². The van der Waals surface area contributed by atoms with Gasteiger partial charge in [0.15, 0.2) is 0 Å². The summed E-state index contributed by atoms with van der Waals surface area (Å²) >= 11 is 0. The fourth-order valence-corrected chi connectivity index (χ4v) is 6.96. The van der Waals surface area contributed by atoms with E-state index in [0.717, 1.165) is 0 Å². The first-order valence-corrected chi connectivity index (χ1v) is 14.8. The highest BCUT2D eigenvalue weighted by Crippen LogP contribution is 2.37. The van der Waals surface area contributed by atoms with Crippen molar-refractivity contribution in [2.75, 3.05) is 0 Å². The van der Waals surface area contributed by atoms with Gasteiger partial charge in [-0.1, -0.05) is 97.1 Å². The molecule has 2 aromatic heterocycles. The maximum atomic E-state index is 2.41. The number of benzene rings is 7. The van der Waals surface area contributed by atoms with Crippen LogP contribution in [0.4, 0.5) is 0 Å². The lowest BCUT2D eigenvalue weighted by atomic mass is 10.0. The van der Waals surface area contributed by atoms with Gasteiger partial charge in [-0.3, -0.25) is 0 Å². The van der Waals surface area contributed by atoms with E-state index in [1.54, 1.807) is 0 Å². The summed E-state index contributed by atoms with van der Waals surface area (Å²) in [6.45, 7) is 0. The Bertz CT molecular complexity index is 2510. The number of aromatic nitrogens is 2. The zero-order valence-corrected chi connectivity index (χ0v) is 23.8. The van der Waals surface area contributed by atoms with Gasteiger partial charge in [0.1, 0.15) is 0 Å². The van der Waals surface area contributed by atoms with Crippen LogP contribution in [-0.2, 0) is 7.05 Å². The van der Waals surface area contributed by atoms with Crippen LogP contribution in [-0.4, -0.2) is 9.13 Å². The molecule has 0 aliphatic carbocycles. The molecule has 0 saturated heterocycles. The molecule has 0 fully saturated rings. The van der Waals surface area contributed by atoms with Crippen LogP contribution >= 0.6 is 0 Å². The van der Waals surface area contributed by atoms with E-state index < -0.39 is 0 Å². The topological polar surface area (TPSA) is 9.86 Å². The molecule has 202 valence electrons. The third kappa shape index (κ3) is 3.67. The van der Waals surface area contributed by atoms with Gasteiger partial charge in [-0.2, -0.15) is 0 Å². The highest BCUT2D eigenvalue weighted by Gasteiger charge is 2.15. The van der Waals surface area contributed by atoms with E-state index in [9.17, 15) is 0 Å². The smallest absolute Gasteiger partial charge is 0.0541 e. The van der Waals surface area contributed by atoms with Crippen molar-refractivity contribution in [2.24, 2.45) is 7.05 Å². The molecule has 0 amide bonds. The fourth-order valence-electron chi connectivity index (χ4n) is 6.96.